The van der Waals surface area contributed by atoms with Crippen LogP contribution in [0.4, 0.5) is 0 Å². The van der Waals surface area contributed by atoms with Crippen LogP contribution in [0.15, 0.2) is 42.5 Å². The first-order valence-electron chi connectivity index (χ1n) is 7.23. The lowest BCUT2D eigenvalue weighted by Gasteiger charge is -2.22. The maximum absolute atomic E-state index is 12.8. The summed E-state index contributed by atoms with van der Waals surface area (Å²) in [6.45, 7) is 0.506. The van der Waals surface area contributed by atoms with E-state index < -0.39 is 11.9 Å². The molecule has 126 valence electrons. The van der Waals surface area contributed by atoms with Crippen molar-refractivity contribution in [2.75, 3.05) is 13.7 Å². The number of carbonyl (C=O) groups excluding carboxylic acids is 2. The Morgan fingerprint density at radius 1 is 1.12 bits per heavy atom. The average Bonchev–Trinajstić information content (AvgIpc) is 2.60. The van der Waals surface area contributed by atoms with Gasteiger partial charge in [0.2, 0.25) is 0 Å². The summed E-state index contributed by atoms with van der Waals surface area (Å²) in [7, 11) is 1.31. The van der Waals surface area contributed by atoms with E-state index in [2.05, 4.69) is 9.72 Å². The van der Waals surface area contributed by atoms with E-state index in [0.717, 1.165) is 5.56 Å². The van der Waals surface area contributed by atoms with E-state index in [-0.39, 0.29) is 28.8 Å². The fourth-order valence-corrected chi connectivity index (χ4v) is 2.44. The van der Waals surface area contributed by atoms with Crippen molar-refractivity contribution in [3.8, 4) is 0 Å². The summed E-state index contributed by atoms with van der Waals surface area (Å²) in [5.74, 6) is -0.790. The third-order valence-electron chi connectivity index (χ3n) is 3.33. The Balaban J connectivity index is 2.24. The Kier molecular flexibility index (Phi) is 6.58. The first-order valence-corrected chi connectivity index (χ1v) is 7.99. The molecule has 2 aromatic rings. The van der Waals surface area contributed by atoms with Crippen LogP contribution in [0.5, 0.6) is 0 Å². The van der Waals surface area contributed by atoms with Gasteiger partial charge in [-0.1, -0.05) is 53.5 Å². The van der Waals surface area contributed by atoms with E-state index in [1.165, 1.54) is 24.1 Å². The lowest BCUT2D eigenvalue weighted by Crippen LogP contribution is -2.33. The van der Waals surface area contributed by atoms with E-state index >= 15 is 0 Å². The molecule has 0 unspecified atom stereocenters. The lowest BCUT2D eigenvalue weighted by atomic mass is 10.2. The smallest absolute Gasteiger partial charge is 0.307 e. The van der Waals surface area contributed by atoms with Crippen molar-refractivity contribution in [2.24, 2.45) is 0 Å². The second kappa shape index (κ2) is 8.66. The second-order valence-electron chi connectivity index (χ2n) is 5.00. The standard InChI is InChI=1S/C17H16Cl2N2O3/c1-24-15(22)9-10-21(11-12-5-3-2-4-6-12)17(23)16-13(18)7-8-14(19)20-16/h2-8H,9-11H2,1H3. The number of halogens is 2. The number of aromatic nitrogens is 1. The van der Waals surface area contributed by atoms with Gasteiger partial charge >= 0.3 is 5.97 Å². The Bertz CT molecular complexity index is 723. The molecule has 0 aliphatic rings. The van der Waals surface area contributed by atoms with Crippen LogP contribution in [-0.4, -0.2) is 35.4 Å². The highest BCUT2D eigenvalue weighted by atomic mass is 35.5. The largest absolute Gasteiger partial charge is 0.469 e. The molecule has 0 aliphatic heterocycles. The first kappa shape index (κ1) is 18.2. The van der Waals surface area contributed by atoms with Gasteiger partial charge in [0.1, 0.15) is 10.8 Å². The predicted molar refractivity (Wildman–Crippen MR) is 92.1 cm³/mol. The summed E-state index contributed by atoms with van der Waals surface area (Å²) in [4.78, 5) is 29.7. The maximum Gasteiger partial charge on any atom is 0.307 e. The number of rotatable bonds is 6. The number of amides is 1. The van der Waals surface area contributed by atoms with Gasteiger partial charge in [-0.3, -0.25) is 9.59 Å². The van der Waals surface area contributed by atoms with E-state index in [1.54, 1.807) is 0 Å². The summed E-state index contributed by atoms with van der Waals surface area (Å²) in [5.41, 5.74) is 0.985. The van der Waals surface area contributed by atoms with Crippen LogP contribution in [0.3, 0.4) is 0 Å². The number of benzene rings is 1. The monoisotopic (exact) mass is 366 g/mol. The van der Waals surface area contributed by atoms with Gasteiger partial charge in [-0.15, -0.1) is 0 Å². The quantitative estimate of drug-likeness (QED) is 0.578. The van der Waals surface area contributed by atoms with Gasteiger partial charge in [0, 0.05) is 13.1 Å². The van der Waals surface area contributed by atoms with Crippen molar-refractivity contribution < 1.29 is 14.3 Å². The number of nitrogens with zero attached hydrogens (tertiary/aromatic N) is 2. The summed E-state index contributed by atoms with van der Waals surface area (Å²) in [5, 5.41) is 0.385. The van der Waals surface area contributed by atoms with Gasteiger partial charge in [0.15, 0.2) is 0 Å². The minimum absolute atomic E-state index is 0.0602. The fourth-order valence-electron chi connectivity index (χ4n) is 2.10. The van der Waals surface area contributed by atoms with Crippen molar-refractivity contribution in [3.05, 3.63) is 63.9 Å². The number of esters is 1. The molecule has 1 aromatic heterocycles. The molecule has 0 saturated carbocycles. The lowest BCUT2D eigenvalue weighted by molar-refractivity contribution is -0.140. The molecule has 0 aliphatic carbocycles. The minimum atomic E-state index is -0.397. The zero-order valence-electron chi connectivity index (χ0n) is 13.0. The number of pyridine rings is 1. The molecule has 0 atom stereocenters. The van der Waals surface area contributed by atoms with Gasteiger partial charge in [-0.2, -0.15) is 0 Å². The molecule has 7 heteroatoms. The normalized spacial score (nSPS) is 10.3. The molecular formula is C17H16Cl2N2O3. The first-order chi connectivity index (χ1) is 11.5. The van der Waals surface area contributed by atoms with E-state index in [1.807, 2.05) is 30.3 Å². The van der Waals surface area contributed by atoms with Gasteiger partial charge in [0.05, 0.1) is 18.6 Å². The van der Waals surface area contributed by atoms with Crippen molar-refractivity contribution in [1.29, 1.82) is 0 Å². The number of carbonyl (C=O) groups is 2. The topological polar surface area (TPSA) is 59.5 Å². The van der Waals surface area contributed by atoms with Gasteiger partial charge in [-0.25, -0.2) is 4.98 Å². The van der Waals surface area contributed by atoms with E-state index in [0.29, 0.717) is 6.54 Å². The summed E-state index contributed by atoms with van der Waals surface area (Å²) >= 11 is 11.9. The van der Waals surface area contributed by atoms with Gasteiger partial charge in [-0.05, 0) is 17.7 Å². The van der Waals surface area contributed by atoms with Gasteiger partial charge < -0.3 is 9.64 Å². The molecule has 0 saturated heterocycles. The average molecular weight is 367 g/mol. The van der Waals surface area contributed by atoms with Crippen LogP contribution in [0.25, 0.3) is 0 Å². The van der Waals surface area contributed by atoms with Gasteiger partial charge in [0.25, 0.3) is 5.91 Å². The molecule has 24 heavy (non-hydrogen) atoms. The Morgan fingerprint density at radius 3 is 2.50 bits per heavy atom. The molecular weight excluding hydrogens is 351 g/mol. The zero-order valence-corrected chi connectivity index (χ0v) is 14.5. The highest BCUT2D eigenvalue weighted by molar-refractivity contribution is 6.34. The summed E-state index contributed by atoms with van der Waals surface area (Å²) in [6.07, 6.45) is 0.0766. The fraction of sp³-hybridized carbons (Fsp3) is 0.235. The number of ether oxygens (including phenoxy) is 1. The molecule has 1 heterocycles. The highest BCUT2D eigenvalue weighted by Crippen LogP contribution is 2.20. The number of hydrogen-bond donors (Lipinski definition) is 0. The van der Waals surface area contributed by atoms with Crippen molar-refractivity contribution in [1.82, 2.24) is 9.88 Å². The van der Waals surface area contributed by atoms with Crippen molar-refractivity contribution >= 4 is 35.1 Å². The van der Waals surface area contributed by atoms with E-state index in [9.17, 15) is 9.59 Å². The molecule has 0 fully saturated rings. The van der Waals surface area contributed by atoms with Crippen LogP contribution in [0.2, 0.25) is 10.2 Å². The second-order valence-corrected chi connectivity index (χ2v) is 5.80. The Morgan fingerprint density at radius 2 is 1.83 bits per heavy atom. The third kappa shape index (κ3) is 4.94. The van der Waals surface area contributed by atoms with E-state index in [4.69, 9.17) is 23.2 Å². The van der Waals surface area contributed by atoms with Crippen LogP contribution in [-0.2, 0) is 16.1 Å². The molecule has 5 nitrogen and oxygen atoms in total. The van der Waals surface area contributed by atoms with Crippen molar-refractivity contribution in [3.63, 3.8) is 0 Å². The Hall–Kier alpha value is -2.11. The minimum Gasteiger partial charge on any atom is -0.469 e. The van der Waals surface area contributed by atoms with Crippen LogP contribution in [0, 0.1) is 0 Å². The third-order valence-corrected chi connectivity index (χ3v) is 3.85. The molecule has 0 radical (unpaired) electrons. The molecule has 0 N–H and O–H groups in total. The zero-order chi connectivity index (χ0) is 17.5. The summed E-state index contributed by atoms with van der Waals surface area (Å²) < 4.78 is 4.64. The summed E-state index contributed by atoms with van der Waals surface area (Å²) in [6, 6.07) is 12.5. The van der Waals surface area contributed by atoms with Crippen LogP contribution in [0.1, 0.15) is 22.5 Å². The maximum atomic E-state index is 12.8. The molecule has 1 aromatic carbocycles. The molecule has 1 amide bonds. The SMILES string of the molecule is COC(=O)CCN(Cc1ccccc1)C(=O)c1nc(Cl)ccc1Cl. The number of methoxy groups -OCH3 is 1. The molecule has 2 rings (SSSR count). The van der Waals surface area contributed by atoms with Crippen LogP contribution < -0.4 is 0 Å². The van der Waals surface area contributed by atoms with Crippen molar-refractivity contribution in [2.45, 2.75) is 13.0 Å². The highest BCUT2D eigenvalue weighted by Gasteiger charge is 2.21. The van der Waals surface area contributed by atoms with Crippen LogP contribution >= 0.6 is 23.2 Å². The predicted octanol–water partition coefficient (Wildman–Crippen LogP) is 3.59. The number of hydrogen-bond acceptors (Lipinski definition) is 4. The molecule has 0 spiro atoms. The Labute approximate surface area is 150 Å². The molecule has 0 bridgehead atoms.